The minimum absolute atomic E-state index is 0.194. The van der Waals surface area contributed by atoms with Crippen LogP contribution >= 0.6 is 11.6 Å². The molecule has 1 heterocycles. The van der Waals surface area contributed by atoms with Crippen molar-refractivity contribution in [2.45, 2.75) is 19.5 Å². The molecule has 6 heteroatoms. The molecule has 1 aliphatic rings. The Hall–Kier alpha value is -2.66. The zero-order valence-corrected chi connectivity index (χ0v) is 13.7. The molecule has 1 unspecified atom stereocenters. The lowest BCUT2D eigenvalue weighted by Crippen LogP contribution is -2.39. The summed E-state index contributed by atoms with van der Waals surface area (Å²) in [5.74, 6) is -0.897. The molecule has 3 rings (SSSR count). The summed E-state index contributed by atoms with van der Waals surface area (Å²) in [5, 5.41) is 0.502. The zero-order chi connectivity index (χ0) is 17.3. The van der Waals surface area contributed by atoms with Crippen LogP contribution in [0.4, 0.5) is 10.5 Å². The first-order valence-corrected chi connectivity index (χ1v) is 7.81. The maximum Gasteiger partial charge on any atom is 0.332 e. The number of urea groups is 1. The van der Waals surface area contributed by atoms with Gasteiger partial charge in [-0.15, -0.1) is 0 Å². The van der Waals surface area contributed by atoms with E-state index in [4.69, 9.17) is 11.6 Å². The summed E-state index contributed by atoms with van der Waals surface area (Å²) in [6.45, 7) is 1.51. The fraction of sp³-hybridized carbons (Fsp3) is 0.167. The Morgan fingerprint density at radius 3 is 2.25 bits per heavy atom. The summed E-state index contributed by atoms with van der Waals surface area (Å²) in [6.07, 6.45) is 0. The predicted molar refractivity (Wildman–Crippen MR) is 90.8 cm³/mol. The number of Topliss-reactive ketones (excluding diaryl/α,β-unsaturated/α-hetero) is 1. The average molecular weight is 343 g/mol. The van der Waals surface area contributed by atoms with E-state index in [2.05, 4.69) is 0 Å². The number of anilines is 1. The van der Waals surface area contributed by atoms with Crippen LogP contribution in [-0.2, 0) is 16.1 Å². The van der Waals surface area contributed by atoms with E-state index in [-0.39, 0.29) is 12.3 Å². The minimum atomic E-state index is -1.10. The monoisotopic (exact) mass is 342 g/mol. The fourth-order valence-electron chi connectivity index (χ4n) is 2.75. The van der Waals surface area contributed by atoms with Crippen molar-refractivity contribution in [3.05, 3.63) is 65.2 Å². The van der Waals surface area contributed by atoms with Crippen LogP contribution in [0.25, 0.3) is 0 Å². The van der Waals surface area contributed by atoms with Crippen LogP contribution in [0.15, 0.2) is 54.6 Å². The molecule has 0 bridgehead atoms. The summed E-state index contributed by atoms with van der Waals surface area (Å²) in [4.78, 5) is 39.7. The molecule has 0 saturated carbocycles. The molecule has 3 amide bonds. The molecular formula is C18H15ClN2O3. The number of amides is 3. The number of nitrogens with zero attached hydrogens (tertiary/aromatic N) is 2. The van der Waals surface area contributed by atoms with Crippen LogP contribution < -0.4 is 4.90 Å². The standard InChI is InChI=1S/C18H15ClN2O3/c1-12(22)16-17(23)21(15-9-7-14(19)8-10-15)18(24)20(16)11-13-5-3-2-4-6-13/h2-10,16H,11H2,1H3. The second kappa shape index (κ2) is 6.45. The van der Waals surface area contributed by atoms with E-state index >= 15 is 0 Å². The first-order valence-electron chi connectivity index (χ1n) is 7.43. The summed E-state index contributed by atoms with van der Waals surface area (Å²) < 4.78 is 0. The Labute approximate surface area is 144 Å². The van der Waals surface area contributed by atoms with Gasteiger partial charge in [0.25, 0.3) is 5.91 Å². The highest BCUT2D eigenvalue weighted by atomic mass is 35.5. The van der Waals surface area contributed by atoms with E-state index in [0.717, 1.165) is 10.5 Å². The minimum Gasteiger partial charge on any atom is -0.301 e. The molecule has 0 N–H and O–H groups in total. The zero-order valence-electron chi connectivity index (χ0n) is 13.0. The molecule has 5 nitrogen and oxygen atoms in total. The van der Waals surface area contributed by atoms with Crippen molar-refractivity contribution < 1.29 is 14.4 Å². The molecule has 0 aromatic heterocycles. The van der Waals surface area contributed by atoms with Crippen LogP contribution in [0.3, 0.4) is 0 Å². The second-order valence-electron chi connectivity index (χ2n) is 5.56. The number of carbonyl (C=O) groups excluding carboxylic acids is 3. The maximum absolute atomic E-state index is 12.8. The SMILES string of the molecule is CC(=O)C1C(=O)N(c2ccc(Cl)cc2)C(=O)N1Cc1ccccc1. The van der Waals surface area contributed by atoms with Gasteiger partial charge >= 0.3 is 6.03 Å². The first kappa shape index (κ1) is 16.2. The number of imide groups is 1. The van der Waals surface area contributed by atoms with Gasteiger partial charge in [0.05, 0.1) is 5.69 Å². The highest BCUT2D eigenvalue weighted by Gasteiger charge is 2.48. The number of halogens is 1. The molecule has 1 atom stereocenters. The first-order chi connectivity index (χ1) is 11.5. The van der Waals surface area contributed by atoms with Crippen molar-refractivity contribution >= 4 is 35.0 Å². The van der Waals surface area contributed by atoms with Gasteiger partial charge in [0.2, 0.25) is 0 Å². The summed E-state index contributed by atoms with van der Waals surface area (Å²) in [5.41, 5.74) is 1.25. The van der Waals surface area contributed by atoms with Crippen LogP contribution in [0.1, 0.15) is 12.5 Å². The molecular weight excluding hydrogens is 328 g/mol. The number of carbonyl (C=O) groups is 3. The molecule has 1 saturated heterocycles. The van der Waals surface area contributed by atoms with Gasteiger partial charge in [0, 0.05) is 11.6 Å². The average Bonchev–Trinajstić information content (AvgIpc) is 2.80. The van der Waals surface area contributed by atoms with Gasteiger partial charge in [-0.05, 0) is 36.8 Å². The smallest absolute Gasteiger partial charge is 0.301 e. The summed E-state index contributed by atoms with van der Waals surface area (Å²) in [6, 6.07) is 14.0. The third-order valence-electron chi connectivity index (χ3n) is 3.87. The Bertz CT molecular complexity index is 790. The van der Waals surface area contributed by atoms with Gasteiger partial charge in [0.1, 0.15) is 0 Å². The van der Waals surface area contributed by atoms with Crippen molar-refractivity contribution in [3.63, 3.8) is 0 Å². The molecule has 0 radical (unpaired) electrons. The highest BCUT2D eigenvalue weighted by molar-refractivity contribution is 6.31. The van der Waals surface area contributed by atoms with E-state index in [1.165, 1.54) is 11.8 Å². The number of rotatable bonds is 4. The summed E-state index contributed by atoms with van der Waals surface area (Å²) in [7, 11) is 0. The fourth-order valence-corrected chi connectivity index (χ4v) is 2.87. The van der Waals surface area contributed by atoms with Gasteiger partial charge in [-0.2, -0.15) is 0 Å². The Morgan fingerprint density at radius 1 is 1.04 bits per heavy atom. The Balaban J connectivity index is 1.96. The lowest BCUT2D eigenvalue weighted by molar-refractivity contribution is -0.129. The van der Waals surface area contributed by atoms with Crippen molar-refractivity contribution in [3.8, 4) is 0 Å². The van der Waals surface area contributed by atoms with Crippen LogP contribution in [0.5, 0.6) is 0 Å². The van der Waals surface area contributed by atoms with Gasteiger partial charge < -0.3 is 4.90 Å². The molecule has 24 heavy (non-hydrogen) atoms. The van der Waals surface area contributed by atoms with Crippen LogP contribution in [0.2, 0.25) is 5.02 Å². The normalized spacial score (nSPS) is 17.5. The van der Waals surface area contributed by atoms with Crippen molar-refractivity contribution in [2.75, 3.05) is 4.90 Å². The number of hydrogen-bond donors (Lipinski definition) is 0. The van der Waals surface area contributed by atoms with Crippen LogP contribution in [0, 0.1) is 0 Å². The predicted octanol–water partition coefficient (Wildman–Crippen LogP) is 3.27. The van der Waals surface area contributed by atoms with Crippen molar-refractivity contribution in [2.24, 2.45) is 0 Å². The molecule has 2 aromatic carbocycles. The molecule has 1 aliphatic heterocycles. The number of hydrogen-bond acceptors (Lipinski definition) is 3. The molecule has 0 aliphatic carbocycles. The van der Waals surface area contributed by atoms with E-state index in [9.17, 15) is 14.4 Å². The van der Waals surface area contributed by atoms with Crippen LogP contribution in [-0.4, -0.2) is 28.7 Å². The highest BCUT2D eigenvalue weighted by Crippen LogP contribution is 2.28. The van der Waals surface area contributed by atoms with Gasteiger partial charge in [-0.25, -0.2) is 9.69 Å². The Morgan fingerprint density at radius 2 is 1.67 bits per heavy atom. The largest absolute Gasteiger partial charge is 0.332 e. The Kier molecular flexibility index (Phi) is 4.36. The summed E-state index contributed by atoms with van der Waals surface area (Å²) >= 11 is 5.85. The van der Waals surface area contributed by atoms with E-state index in [1.54, 1.807) is 24.3 Å². The molecule has 2 aromatic rings. The quantitative estimate of drug-likeness (QED) is 0.633. The van der Waals surface area contributed by atoms with E-state index in [1.807, 2.05) is 30.3 Å². The lowest BCUT2D eigenvalue weighted by Gasteiger charge is -2.20. The van der Waals surface area contributed by atoms with Gasteiger partial charge in [-0.3, -0.25) is 9.59 Å². The van der Waals surface area contributed by atoms with Crippen molar-refractivity contribution in [1.82, 2.24) is 4.90 Å². The van der Waals surface area contributed by atoms with E-state index in [0.29, 0.717) is 10.7 Å². The van der Waals surface area contributed by atoms with Gasteiger partial charge in [-0.1, -0.05) is 41.9 Å². The number of benzene rings is 2. The van der Waals surface area contributed by atoms with E-state index < -0.39 is 18.0 Å². The topological polar surface area (TPSA) is 57.7 Å². The third kappa shape index (κ3) is 2.90. The molecule has 0 spiro atoms. The van der Waals surface area contributed by atoms with Gasteiger partial charge in [0.15, 0.2) is 11.8 Å². The second-order valence-corrected chi connectivity index (χ2v) is 6.00. The van der Waals surface area contributed by atoms with Crippen molar-refractivity contribution in [1.29, 1.82) is 0 Å². The third-order valence-corrected chi connectivity index (χ3v) is 4.12. The molecule has 122 valence electrons. The molecule has 1 fully saturated rings. The maximum atomic E-state index is 12.8. The number of ketones is 1. The lowest BCUT2D eigenvalue weighted by atomic mass is 10.1.